The second kappa shape index (κ2) is 12.4. The predicted molar refractivity (Wildman–Crippen MR) is 219 cm³/mol. The minimum atomic E-state index is -0.544. The number of nitrogens with zero attached hydrogens (tertiary/aromatic N) is 5. The molecule has 1 spiro atoms. The zero-order valence-electron chi connectivity index (χ0n) is 29.6. The van der Waals surface area contributed by atoms with E-state index in [2.05, 4.69) is 156 Å². The van der Waals surface area contributed by atoms with E-state index in [4.69, 9.17) is 15.0 Å². The van der Waals surface area contributed by atoms with E-state index in [1.165, 1.54) is 50.1 Å². The first kappa shape index (κ1) is 31.2. The molecule has 5 heteroatoms. The van der Waals surface area contributed by atoms with E-state index < -0.39 is 5.41 Å². The molecular weight excluding hydrogens is 671 g/mol. The summed E-state index contributed by atoms with van der Waals surface area (Å²) in [5.41, 5.74) is 16.6. The van der Waals surface area contributed by atoms with Gasteiger partial charge < -0.3 is 0 Å². The van der Waals surface area contributed by atoms with Crippen LogP contribution in [0.2, 0.25) is 0 Å². The lowest BCUT2D eigenvalue weighted by Gasteiger charge is -2.35. The summed E-state index contributed by atoms with van der Waals surface area (Å²) >= 11 is 0. The molecule has 0 aliphatic heterocycles. The summed E-state index contributed by atoms with van der Waals surface area (Å²) in [7, 11) is 0. The molecule has 2 aliphatic rings. The molecule has 6 aromatic carbocycles. The molecule has 0 bridgehead atoms. The standard InChI is InChI=1S/C50H31N5/c1-2-14-38-37(13-1)39-15-3-6-18-43(39)50(44-19-7-4-16-40(44)41-17-5-8-20-45(41)50)46-26-25-34(29-42(38)46)48-53-47(54-49(55-48)36-12-10-28-52-31-36)33-23-21-32(22-24-33)35-11-9-27-51-30-35/h1-31H. The van der Waals surface area contributed by atoms with Crippen molar-refractivity contribution in [3.8, 4) is 78.7 Å². The minimum Gasteiger partial charge on any atom is -0.264 e. The van der Waals surface area contributed by atoms with Gasteiger partial charge in [0.05, 0.1) is 5.41 Å². The van der Waals surface area contributed by atoms with E-state index in [1.807, 2.05) is 24.4 Å². The summed E-state index contributed by atoms with van der Waals surface area (Å²) in [5.74, 6) is 1.77. The van der Waals surface area contributed by atoms with E-state index in [0.717, 1.165) is 33.4 Å². The lowest BCUT2D eigenvalue weighted by molar-refractivity contribution is 0.775. The number of rotatable bonds is 4. The molecule has 0 unspecified atom stereocenters. The maximum absolute atomic E-state index is 5.18. The number of pyridine rings is 2. The fourth-order valence-corrected chi connectivity index (χ4v) is 8.80. The van der Waals surface area contributed by atoms with Gasteiger partial charge in [0.25, 0.3) is 0 Å². The van der Waals surface area contributed by atoms with Crippen LogP contribution in [0.3, 0.4) is 0 Å². The Balaban J connectivity index is 1.16. The molecule has 0 N–H and O–H groups in total. The Hall–Kier alpha value is -7.37. The highest BCUT2D eigenvalue weighted by molar-refractivity contribution is 5.98. The van der Waals surface area contributed by atoms with Gasteiger partial charge in [0.1, 0.15) is 0 Å². The van der Waals surface area contributed by atoms with Gasteiger partial charge in [-0.25, -0.2) is 15.0 Å². The van der Waals surface area contributed by atoms with Crippen molar-refractivity contribution < 1.29 is 0 Å². The molecule has 0 saturated carbocycles. The first-order valence-electron chi connectivity index (χ1n) is 18.5. The van der Waals surface area contributed by atoms with Crippen LogP contribution in [0.4, 0.5) is 0 Å². The topological polar surface area (TPSA) is 64.5 Å². The quantitative estimate of drug-likeness (QED) is 0.183. The maximum Gasteiger partial charge on any atom is 0.165 e. The number of hydrogen-bond donors (Lipinski definition) is 0. The third-order valence-electron chi connectivity index (χ3n) is 11.2. The third-order valence-corrected chi connectivity index (χ3v) is 11.2. The molecule has 0 amide bonds. The monoisotopic (exact) mass is 701 g/mol. The van der Waals surface area contributed by atoms with Gasteiger partial charge in [-0.15, -0.1) is 0 Å². The molecule has 11 rings (SSSR count). The molecule has 5 nitrogen and oxygen atoms in total. The zero-order chi connectivity index (χ0) is 36.3. The van der Waals surface area contributed by atoms with Gasteiger partial charge in [0, 0.05) is 41.5 Å². The Bertz CT molecular complexity index is 2880. The number of benzene rings is 6. The zero-order valence-corrected chi connectivity index (χ0v) is 29.6. The van der Waals surface area contributed by atoms with Crippen LogP contribution in [0.5, 0.6) is 0 Å². The lowest BCUT2D eigenvalue weighted by Crippen LogP contribution is -2.29. The fraction of sp³-hybridized carbons (Fsp3) is 0.0200. The van der Waals surface area contributed by atoms with E-state index >= 15 is 0 Å². The van der Waals surface area contributed by atoms with Crippen molar-refractivity contribution in [2.45, 2.75) is 5.41 Å². The van der Waals surface area contributed by atoms with Crippen LogP contribution in [0, 0.1) is 0 Å². The molecule has 3 heterocycles. The van der Waals surface area contributed by atoms with E-state index in [0.29, 0.717) is 17.5 Å². The SMILES string of the molecule is c1cncc(-c2ccc(-c3nc(-c4cccnc4)nc(-c4ccc5c(c4)-c4ccccc4-c4ccccc4C54c5ccccc5-c5ccccc54)n3)cc2)c1. The average molecular weight is 702 g/mol. The Morgan fingerprint density at radius 1 is 0.291 bits per heavy atom. The summed E-state index contributed by atoms with van der Waals surface area (Å²) in [6.45, 7) is 0. The summed E-state index contributed by atoms with van der Waals surface area (Å²) < 4.78 is 0. The highest BCUT2D eigenvalue weighted by Crippen LogP contribution is 2.61. The maximum atomic E-state index is 5.18. The van der Waals surface area contributed by atoms with Crippen molar-refractivity contribution in [1.82, 2.24) is 24.9 Å². The van der Waals surface area contributed by atoms with Crippen LogP contribution in [-0.4, -0.2) is 24.9 Å². The van der Waals surface area contributed by atoms with Gasteiger partial charge in [-0.1, -0.05) is 140 Å². The Labute approximate surface area is 318 Å². The molecule has 256 valence electrons. The van der Waals surface area contributed by atoms with Crippen LogP contribution in [0.15, 0.2) is 189 Å². The first-order chi connectivity index (χ1) is 27.3. The molecule has 0 radical (unpaired) electrons. The molecule has 0 atom stereocenters. The van der Waals surface area contributed by atoms with Crippen molar-refractivity contribution in [2.24, 2.45) is 0 Å². The highest BCUT2D eigenvalue weighted by Gasteiger charge is 2.49. The van der Waals surface area contributed by atoms with Crippen molar-refractivity contribution >= 4 is 0 Å². The van der Waals surface area contributed by atoms with Gasteiger partial charge >= 0.3 is 0 Å². The highest BCUT2D eigenvalue weighted by atomic mass is 15.0. The Morgan fingerprint density at radius 2 is 0.709 bits per heavy atom. The number of hydrogen-bond acceptors (Lipinski definition) is 5. The summed E-state index contributed by atoms with van der Waals surface area (Å²) in [5, 5.41) is 0. The average Bonchev–Trinajstić information content (AvgIpc) is 3.52. The summed E-state index contributed by atoms with van der Waals surface area (Å²) in [6.07, 6.45) is 7.23. The molecule has 0 fully saturated rings. The molecule has 0 saturated heterocycles. The number of fused-ring (bicyclic) bond motifs is 12. The molecule has 55 heavy (non-hydrogen) atoms. The van der Waals surface area contributed by atoms with Gasteiger partial charge in [-0.2, -0.15) is 0 Å². The minimum absolute atomic E-state index is 0.544. The lowest BCUT2D eigenvalue weighted by atomic mass is 9.66. The van der Waals surface area contributed by atoms with E-state index in [-0.39, 0.29) is 0 Å². The fourth-order valence-electron chi connectivity index (χ4n) is 8.80. The summed E-state index contributed by atoms with van der Waals surface area (Å²) in [6, 6.07) is 58.6. The molecule has 2 aliphatic carbocycles. The van der Waals surface area contributed by atoms with Crippen LogP contribution in [-0.2, 0) is 5.41 Å². The van der Waals surface area contributed by atoms with Gasteiger partial charge in [0.15, 0.2) is 17.5 Å². The van der Waals surface area contributed by atoms with E-state index in [9.17, 15) is 0 Å². The second-order valence-electron chi connectivity index (χ2n) is 14.1. The van der Waals surface area contributed by atoms with E-state index in [1.54, 1.807) is 18.6 Å². The van der Waals surface area contributed by atoms with Crippen LogP contribution in [0.25, 0.3) is 78.7 Å². The van der Waals surface area contributed by atoms with Gasteiger partial charge in [0.2, 0.25) is 0 Å². The van der Waals surface area contributed by atoms with Crippen molar-refractivity contribution in [2.75, 3.05) is 0 Å². The Kier molecular flexibility index (Phi) is 7.01. The molecular formula is C50H31N5. The van der Waals surface area contributed by atoms with Crippen molar-refractivity contribution in [3.05, 3.63) is 211 Å². The van der Waals surface area contributed by atoms with Crippen molar-refractivity contribution in [3.63, 3.8) is 0 Å². The molecule has 3 aromatic heterocycles. The Morgan fingerprint density at radius 3 is 1.27 bits per heavy atom. The first-order valence-corrected chi connectivity index (χ1v) is 18.5. The predicted octanol–water partition coefficient (Wildman–Crippen LogP) is 11.3. The van der Waals surface area contributed by atoms with Crippen LogP contribution >= 0.6 is 0 Å². The normalized spacial score (nSPS) is 12.9. The second-order valence-corrected chi connectivity index (χ2v) is 14.1. The molecule has 9 aromatic rings. The van der Waals surface area contributed by atoms with Gasteiger partial charge in [-0.05, 0) is 91.0 Å². The smallest absolute Gasteiger partial charge is 0.165 e. The third kappa shape index (κ3) is 4.76. The number of aromatic nitrogens is 5. The van der Waals surface area contributed by atoms with Gasteiger partial charge in [-0.3, -0.25) is 9.97 Å². The largest absolute Gasteiger partial charge is 0.264 e. The van der Waals surface area contributed by atoms with Crippen LogP contribution in [0.1, 0.15) is 22.3 Å². The summed E-state index contributed by atoms with van der Waals surface area (Å²) in [4.78, 5) is 24.0. The van der Waals surface area contributed by atoms with Crippen LogP contribution < -0.4 is 0 Å². The van der Waals surface area contributed by atoms with Crippen molar-refractivity contribution in [1.29, 1.82) is 0 Å².